The maximum atomic E-state index is 6.71. The fourth-order valence-corrected chi connectivity index (χ4v) is 4.87. The molecule has 0 saturated carbocycles. The molecule has 0 aliphatic carbocycles. The largest absolute Gasteiger partial charge is 0.397 e. The van der Waals surface area contributed by atoms with Crippen molar-refractivity contribution in [2.45, 2.75) is 39.3 Å². The summed E-state index contributed by atoms with van der Waals surface area (Å²) in [7, 11) is -2.29. The van der Waals surface area contributed by atoms with Gasteiger partial charge in [-0.1, -0.05) is 44.2 Å². The minimum absolute atomic E-state index is 0.178. The van der Waals surface area contributed by atoms with E-state index < -0.39 is 7.63 Å². The van der Waals surface area contributed by atoms with Gasteiger partial charge in [-0.05, 0) is 24.6 Å². The number of hydrogen-bond acceptors (Lipinski definition) is 1. The van der Waals surface area contributed by atoms with Crippen LogP contribution < -0.4 is 5.19 Å². The van der Waals surface area contributed by atoms with Gasteiger partial charge in [0.1, 0.15) is 0 Å². The second-order valence-corrected chi connectivity index (χ2v) is 9.27. The van der Waals surface area contributed by atoms with E-state index in [9.17, 15) is 0 Å². The average Bonchev–Trinajstić information content (AvgIpc) is 2.17. The van der Waals surface area contributed by atoms with Crippen LogP contribution in [0.25, 0.3) is 0 Å². The zero-order valence-electron chi connectivity index (χ0n) is 9.83. The van der Waals surface area contributed by atoms with Crippen LogP contribution in [0, 0.1) is 0 Å². The van der Waals surface area contributed by atoms with Crippen LogP contribution >= 0.6 is 11.1 Å². The van der Waals surface area contributed by atoms with Crippen LogP contribution in [0.3, 0.4) is 0 Å². The molecule has 1 aromatic carbocycles. The van der Waals surface area contributed by atoms with Crippen LogP contribution in [-0.4, -0.2) is 13.7 Å². The molecule has 1 rings (SSSR count). The zero-order chi connectivity index (χ0) is 11.5. The highest BCUT2D eigenvalue weighted by Crippen LogP contribution is 2.27. The Labute approximate surface area is 98.2 Å². The summed E-state index contributed by atoms with van der Waals surface area (Å²) < 4.78 is 5.99. The van der Waals surface area contributed by atoms with Crippen molar-refractivity contribution in [3.8, 4) is 0 Å². The topological polar surface area (TPSA) is 9.23 Å². The van der Waals surface area contributed by atoms with E-state index in [4.69, 9.17) is 15.5 Å². The molecule has 0 aromatic heterocycles. The summed E-state index contributed by atoms with van der Waals surface area (Å²) in [6, 6.07) is 10.2. The van der Waals surface area contributed by atoms with E-state index in [1.807, 2.05) is 32.0 Å². The van der Waals surface area contributed by atoms with Crippen LogP contribution in [0.15, 0.2) is 30.3 Å². The van der Waals surface area contributed by atoms with Crippen molar-refractivity contribution in [1.82, 2.24) is 0 Å². The summed E-state index contributed by atoms with van der Waals surface area (Å²) in [4.78, 5) is 0. The van der Waals surface area contributed by atoms with Gasteiger partial charge >= 0.3 is 7.63 Å². The van der Waals surface area contributed by atoms with E-state index in [-0.39, 0.29) is 6.10 Å². The van der Waals surface area contributed by atoms with Crippen molar-refractivity contribution in [1.29, 1.82) is 0 Å². The van der Waals surface area contributed by atoms with Crippen LogP contribution in [-0.2, 0) is 4.43 Å². The Bertz CT molecular complexity index is 300. The lowest BCUT2D eigenvalue weighted by Crippen LogP contribution is -2.49. The summed E-state index contributed by atoms with van der Waals surface area (Å²) in [6.07, 6.45) is 0.178. The molecule has 0 heterocycles. The molecule has 0 N–H and O–H groups in total. The first kappa shape index (κ1) is 12.8. The summed E-state index contributed by atoms with van der Waals surface area (Å²) in [5, 5.41) is 1.16. The Balaban J connectivity index is 3.02. The smallest absolute Gasteiger partial charge is 0.325 e. The van der Waals surface area contributed by atoms with Gasteiger partial charge in [-0.3, -0.25) is 0 Å². The van der Waals surface area contributed by atoms with Crippen molar-refractivity contribution in [3.05, 3.63) is 30.3 Å². The highest BCUT2D eigenvalue weighted by Gasteiger charge is 2.39. The Morgan fingerprint density at radius 2 is 1.60 bits per heavy atom. The lowest BCUT2D eigenvalue weighted by molar-refractivity contribution is 0.238. The molecule has 0 aliphatic rings. The highest BCUT2D eigenvalue weighted by molar-refractivity contribution is 7.24. The van der Waals surface area contributed by atoms with Gasteiger partial charge in [-0.15, -0.1) is 11.1 Å². The molecule has 1 atom stereocenters. The predicted octanol–water partition coefficient (Wildman–Crippen LogP) is 3.41. The SMILES string of the molecule is CC(C)O[Si](Cl)(c1ccccc1)C(C)C. The number of rotatable bonds is 4. The molecule has 0 spiro atoms. The molecular weight excluding hydrogens is 224 g/mol. The molecule has 15 heavy (non-hydrogen) atoms. The third kappa shape index (κ3) is 3.07. The Kier molecular flexibility index (Phi) is 4.38. The quantitative estimate of drug-likeness (QED) is 0.581. The first-order chi connectivity index (χ1) is 6.97. The fraction of sp³-hybridized carbons (Fsp3) is 0.500. The molecule has 0 bridgehead atoms. The molecule has 0 amide bonds. The maximum absolute atomic E-state index is 6.71. The molecule has 0 aliphatic heterocycles. The molecular formula is C12H19ClOSi. The van der Waals surface area contributed by atoms with E-state index >= 15 is 0 Å². The zero-order valence-corrected chi connectivity index (χ0v) is 11.6. The second kappa shape index (κ2) is 5.15. The minimum Gasteiger partial charge on any atom is -0.397 e. The first-order valence-electron chi connectivity index (χ1n) is 5.39. The van der Waals surface area contributed by atoms with Gasteiger partial charge in [0.25, 0.3) is 0 Å². The molecule has 1 aromatic rings. The van der Waals surface area contributed by atoms with Gasteiger partial charge in [-0.2, -0.15) is 0 Å². The number of hydrogen-bond donors (Lipinski definition) is 0. The van der Waals surface area contributed by atoms with E-state index in [1.54, 1.807) is 0 Å². The van der Waals surface area contributed by atoms with Crippen molar-refractivity contribution in [2.24, 2.45) is 0 Å². The third-order valence-corrected chi connectivity index (χ3v) is 7.97. The lowest BCUT2D eigenvalue weighted by Gasteiger charge is -2.30. The Morgan fingerprint density at radius 1 is 1.07 bits per heavy atom. The normalized spacial score (nSPS) is 15.7. The summed E-state index contributed by atoms with van der Waals surface area (Å²) in [5.74, 6) is 0. The Morgan fingerprint density at radius 3 is 2.00 bits per heavy atom. The third-order valence-electron chi connectivity index (χ3n) is 2.32. The lowest BCUT2D eigenvalue weighted by atomic mass is 10.4. The number of benzene rings is 1. The summed E-state index contributed by atoms with van der Waals surface area (Å²) in [5.41, 5.74) is 0.365. The summed E-state index contributed by atoms with van der Waals surface area (Å²) in [6.45, 7) is 8.34. The van der Waals surface area contributed by atoms with Crippen molar-refractivity contribution in [2.75, 3.05) is 0 Å². The van der Waals surface area contributed by atoms with E-state index in [0.717, 1.165) is 5.19 Å². The molecule has 0 fully saturated rings. The van der Waals surface area contributed by atoms with Gasteiger partial charge in [0.05, 0.1) is 0 Å². The average molecular weight is 243 g/mol. The molecule has 1 unspecified atom stereocenters. The molecule has 0 saturated heterocycles. The van der Waals surface area contributed by atoms with E-state index in [0.29, 0.717) is 5.54 Å². The standard InChI is InChI=1S/C12H19ClOSi/c1-10(2)14-15(13,11(3)4)12-8-6-5-7-9-12/h5-11H,1-4H3. The van der Waals surface area contributed by atoms with Crippen LogP contribution in [0.2, 0.25) is 5.54 Å². The van der Waals surface area contributed by atoms with Crippen LogP contribution in [0.4, 0.5) is 0 Å². The fourth-order valence-electron chi connectivity index (χ4n) is 1.55. The van der Waals surface area contributed by atoms with Crippen molar-refractivity contribution in [3.63, 3.8) is 0 Å². The molecule has 0 radical (unpaired) electrons. The first-order valence-corrected chi connectivity index (χ1v) is 8.39. The minimum atomic E-state index is -2.29. The molecule has 1 nitrogen and oxygen atoms in total. The van der Waals surface area contributed by atoms with Gasteiger partial charge in [0.2, 0.25) is 0 Å². The predicted molar refractivity (Wildman–Crippen MR) is 69.0 cm³/mol. The van der Waals surface area contributed by atoms with Gasteiger partial charge in [0.15, 0.2) is 0 Å². The van der Waals surface area contributed by atoms with Gasteiger partial charge in [0, 0.05) is 6.10 Å². The Hall–Kier alpha value is -0.313. The van der Waals surface area contributed by atoms with Crippen LogP contribution in [0.1, 0.15) is 27.7 Å². The molecule has 84 valence electrons. The van der Waals surface area contributed by atoms with E-state index in [2.05, 4.69) is 26.0 Å². The highest BCUT2D eigenvalue weighted by atomic mass is 35.6. The van der Waals surface area contributed by atoms with Gasteiger partial charge < -0.3 is 4.43 Å². The van der Waals surface area contributed by atoms with Crippen molar-refractivity contribution >= 4 is 23.9 Å². The summed E-state index contributed by atoms with van der Waals surface area (Å²) >= 11 is 6.71. The molecule has 3 heteroatoms. The number of halogens is 1. The van der Waals surface area contributed by atoms with Crippen LogP contribution in [0.5, 0.6) is 0 Å². The van der Waals surface area contributed by atoms with Crippen molar-refractivity contribution < 1.29 is 4.43 Å². The second-order valence-electron chi connectivity index (χ2n) is 4.33. The maximum Gasteiger partial charge on any atom is 0.325 e. The monoisotopic (exact) mass is 242 g/mol. The van der Waals surface area contributed by atoms with E-state index in [1.165, 1.54) is 0 Å². The van der Waals surface area contributed by atoms with Gasteiger partial charge in [-0.25, -0.2) is 0 Å².